The van der Waals surface area contributed by atoms with Crippen molar-refractivity contribution in [2.45, 2.75) is 71.1 Å². The Morgan fingerprint density at radius 3 is 2.37 bits per heavy atom. The molecular formula is C30H36Cl2FN3O5. The number of anilines is 1. The van der Waals surface area contributed by atoms with Gasteiger partial charge in [-0.15, -0.1) is 0 Å². The van der Waals surface area contributed by atoms with Crippen LogP contribution in [0.2, 0.25) is 10.0 Å². The monoisotopic (exact) mass is 607 g/mol. The number of carbonyl (C=O) groups is 3. The van der Waals surface area contributed by atoms with Gasteiger partial charge < -0.3 is 24.6 Å². The first-order valence-corrected chi connectivity index (χ1v) is 14.3. The van der Waals surface area contributed by atoms with E-state index in [0.717, 1.165) is 5.56 Å². The first kappa shape index (κ1) is 30.9. The topological polar surface area (TPSA) is 88.2 Å². The minimum atomic E-state index is -1.16. The van der Waals surface area contributed by atoms with Crippen molar-refractivity contribution in [2.24, 2.45) is 0 Å². The predicted octanol–water partition coefficient (Wildman–Crippen LogP) is 6.42. The van der Waals surface area contributed by atoms with E-state index in [9.17, 15) is 14.4 Å². The quantitative estimate of drug-likeness (QED) is 0.312. The van der Waals surface area contributed by atoms with Gasteiger partial charge in [0.25, 0.3) is 5.91 Å². The number of fused-ring (bicyclic) bond motifs is 1. The summed E-state index contributed by atoms with van der Waals surface area (Å²) < 4.78 is 26.4. The minimum Gasteiger partial charge on any atom is -0.459 e. The van der Waals surface area contributed by atoms with E-state index in [4.69, 9.17) is 32.7 Å². The third-order valence-corrected chi connectivity index (χ3v) is 7.65. The van der Waals surface area contributed by atoms with Gasteiger partial charge in [-0.05, 0) is 84.2 Å². The number of benzene rings is 2. The van der Waals surface area contributed by atoms with Gasteiger partial charge in [0.15, 0.2) is 0 Å². The predicted molar refractivity (Wildman–Crippen MR) is 156 cm³/mol. The number of ether oxygens (including phenoxy) is 2. The molecule has 1 fully saturated rings. The van der Waals surface area contributed by atoms with E-state index in [1.807, 2.05) is 12.1 Å². The maximum absolute atomic E-state index is 15.4. The molecule has 11 heteroatoms. The van der Waals surface area contributed by atoms with Crippen LogP contribution in [0.5, 0.6) is 0 Å². The number of carbonyl (C=O) groups excluding carboxylic acids is 3. The average molecular weight is 609 g/mol. The lowest BCUT2D eigenvalue weighted by molar-refractivity contribution is -0.155. The molecule has 1 N–H and O–H groups in total. The molecule has 0 radical (unpaired) electrons. The highest BCUT2D eigenvalue weighted by Gasteiger charge is 2.46. The van der Waals surface area contributed by atoms with Gasteiger partial charge in [0.05, 0.1) is 22.1 Å². The van der Waals surface area contributed by atoms with E-state index in [2.05, 4.69) is 5.32 Å². The molecule has 1 unspecified atom stereocenters. The van der Waals surface area contributed by atoms with Gasteiger partial charge >= 0.3 is 12.1 Å². The van der Waals surface area contributed by atoms with Crippen molar-refractivity contribution in [2.75, 3.05) is 31.5 Å². The molecule has 2 aliphatic rings. The molecule has 2 heterocycles. The van der Waals surface area contributed by atoms with Crippen molar-refractivity contribution in [3.63, 3.8) is 0 Å². The maximum atomic E-state index is 15.4. The number of nitrogens with one attached hydrogen (secondary N) is 1. The molecule has 4 rings (SSSR count). The lowest BCUT2D eigenvalue weighted by atomic mass is 9.87. The van der Waals surface area contributed by atoms with Crippen molar-refractivity contribution in [1.29, 1.82) is 0 Å². The smallest absolute Gasteiger partial charge is 0.410 e. The summed E-state index contributed by atoms with van der Waals surface area (Å²) in [4.78, 5) is 41.7. The lowest BCUT2D eigenvalue weighted by Crippen LogP contribution is -2.43. The molecule has 0 saturated carbocycles. The summed E-state index contributed by atoms with van der Waals surface area (Å²) in [6.45, 7) is 11.2. The van der Waals surface area contributed by atoms with Gasteiger partial charge in [-0.3, -0.25) is 9.59 Å². The first-order valence-electron chi connectivity index (χ1n) is 13.5. The van der Waals surface area contributed by atoms with Crippen molar-refractivity contribution >= 4 is 46.9 Å². The fourth-order valence-electron chi connectivity index (χ4n) is 5.18. The SMILES string of the molecule is CC(C)(C)OC(=O)CN1CCc2ccc(NC3(c4c(F)ccc(Cl)c4Cl)CCN(C(=O)OC(C)(C)C)C3)cc2C1=O. The van der Waals surface area contributed by atoms with E-state index < -0.39 is 34.6 Å². The van der Waals surface area contributed by atoms with Crippen LogP contribution in [-0.2, 0) is 26.2 Å². The number of rotatable bonds is 5. The van der Waals surface area contributed by atoms with E-state index >= 15 is 4.39 Å². The fourth-order valence-corrected chi connectivity index (χ4v) is 5.67. The van der Waals surface area contributed by atoms with Crippen molar-refractivity contribution < 1.29 is 28.2 Å². The fraction of sp³-hybridized carbons (Fsp3) is 0.500. The number of likely N-dealkylation sites (tertiary alicyclic amines) is 1. The van der Waals surface area contributed by atoms with E-state index in [0.29, 0.717) is 30.6 Å². The third-order valence-electron chi connectivity index (χ3n) is 6.85. The summed E-state index contributed by atoms with van der Waals surface area (Å²) in [6.07, 6.45) is 0.341. The van der Waals surface area contributed by atoms with E-state index in [1.165, 1.54) is 21.9 Å². The molecule has 0 bridgehead atoms. The molecule has 0 spiro atoms. The van der Waals surface area contributed by atoms with Crippen molar-refractivity contribution in [1.82, 2.24) is 9.80 Å². The first-order chi connectivity index (χ1) is 19.0. The maximum Gasteiger partial charge on any atom is 0.410 e. The number of nitrogens with zero attached hydrogens (tertiary/aromatic N) is 2. The van der Waals surface area contributed by atoms with Crippen LogP contribution in [0.25, 0.3) is 0 Å². The van der Waals surface area contributed by atoms with Crippen LogP contribution in [0.3, 0.4) is 0 Å². The lowest BCUT2D eigenvalue weighted by Gasteiger charge is -2.35. The molecule has 2 aliphatic heterocycles. The highest BCUT2D eigenvalue weighted by atomic mass is 35.5. The number of hydrogen-bond acceptors (Lipinski definition) is 6. The standard InChI is InChI=1S/C30H36Cl2FN3O5/c1-28(2,3)40-23(37)16-35-13-11-18-7-8-19(15-20(18)26(35)38)34-30(24-22(33)10-9-21(31)25(24)32)12-14-36(17-30)27(39)41-29(4,5)6/h7-10,15,34H,11-14,16-17H2,1-6H3. The van der Waals surface area contributed by atoms with Crippen molar-refractivity contribution in [3.05, 3.63) is 62.9 Å². The number of hydrogen-bond donors (Lipinski definition) is 1. The molecule has 2 amide bonds. The Kier molecular flexibility index (Phi) is 8.54. The molecule has 2 aromatic carbocycles. The second kappa shape index (κ2) is 11.3. The molecule has 0 aliphatic carbocycles. The Balaban J connectivity index is 1.66. The van der Waals surface area contributed by atoms with Crippen LogP contribution in [0.4, 0.5) is 14.9 Å². The summed E-state index contributed by atoms with van der Waals surface area (Å²) in [7, 11) is 0. The van der Waals surface area contributed by atoms with Crippen LogP contribution >= 0.6 is 23.2 Å². The molecule has 41 heavy (non-hydrogen) atoms. The third kappa shape index (κ3) is 7.07. The van der Waals surface area contributed by atoms with Crippen LogP contribution in [0.1, 0.15) is 69.4 Å². The molecule has 2 aromatic rings. The Morgan fingerprint density at radius 2 is 1.71 bits per heavy atom. The molecule has 8 nitrogen and oxygen atoms in total. The second-order valence-electron chi connectivity index (χ2n) is 12.5. The van der Waals surface area contributed by atoms with Gasteiger partial charge in [-0.2, -0.15) is 0 Å². The van der Waals surface area contributed by atoms with Crippen LogP contribution in [-0.4, -0.2) is 65.2 Å². The summed E-state index contributed by atoms with van der Waals surface area (Å²) >= 11 is 12.9. The Bertz CT molecular complexity index is 1370. The molecule has 0 aromatic heterocycles. The molecular weight excluding hydrogens is 572 g/mol. The zero-order chi connectivity index (χ0) is 30.3. The van der Waals surface area contributed by atoms with Gasteiger partial charge in [-0.25, -0.2) is 9.18 Å². The number of halogens is 3. The Labute approximate surface area is 250 Å². The zero-order valence-electron chi connectivity index (χ0n) is 24.2. The summed E-state index contributed by atoms with van der Waals surface area (Å²) in [5.74, 6) is -1.36. The van der Waals surface area contributed by atoms with Crippen molar-refractivity contribution in [3.8, 4) is 0 Å². The number of amides is 2. The highest BCUT2D eigenvalue weighted by molar-refractivity contribution is 6.42. The van der Waals surface area contributed by atoms with Crippen LogP contribution in [0, 0.1) is 5.82 Å². The minimum absolute atomic E-state index is 0.0442. The normalized spacial score (nSPS) is 19.2. The second-order valence-corrected chi connectivity index (χ2v) is 13.3. The van der Waals surface area contributed by atoms with E-state index in [-0.39, 0.29) is 41.2 Å². The summed E-state index contributed by atoms with van der Waals surface area (Å²) in [5.41, 5.74) is -0.608. The average Bonchev–Trinajstić information content (AvgIpc) is 3.26. The largest absolute Gasteiger partial charge is 0.459 e. The van der Waals surface area contributed by atoms with Gasteiger partial charge in [-0.1, -0.05) is 29.3 Å². The van der Waals surface area contributed by atoms with Gasteiger partial charge in [0.1, 0.15) is 23.6 Å². The van der Waals surface area contributed by atoms with Gasteiger partial charge in [0, 0.05) is 29.9 Å². The molecule has 1 atom stereocenters. The zero-order valence-corrected chi connectivity index (χ0v) is 25.7. The summed E-state index contributed by atoms with van der Waals surface area (Å²) in [6, 6.07) is 7.96. The van der Waals surface area contributed by atoms with Crippen LogP contribution < -0.4 is 5.32 Å². The van der Waals surface area contributed by atoms with E-state index in [1.54, 1.807) is 47.6 Å². The Morgan fingerprint density at radius 1 is 1.02 bits per heavy atom. The van der Waals surface area contributed by atoms with Gasteiger partial charge in [0.2, 0.25) is 0 Å². The van der Waals surface area contributed by atoms with Crippen LogP contribution in [0.15, 0.2) is 30.3 Å². The highest BCUT2D eigenvalue weighted by Crippen LogP contribution is 2.43. The molecule has 222 valence electrons. The molecule has 1 saturated heterocycles. The Hall–Kier alpha value is -3.04. The summed E-state index contributed by atoms with van der Waals surface area (Å²) in [5, 5.41) is 3.61. The number of esters is 1.